The molecular formula is C13H18BrNO4. The van der Waals surface area contributed by atoms with Gasteiger partial charge in [0.15, 0.2) is 0 Å². The molecule has 6 heteroatoms. The van der Waals surface area contributed by atoms with Gasteiger partial charge in [0.05, 0.1) is 12.2 Å². The molecule has 19 heavy (non-hydrogen) atoms. The van der Waals surface area contributed by atoms with Crippen LogP contribution in [0.3, 0.4) is 0 Å². The Balaban J connectivity index is 2.22. The van der Waals surface area contributed by atoms with E-state index in [4.69, 9.17) is 19.9 Å². The van der Waals surface area contributed by atoms with Gasteiger partial charge in [-0.2, -0.15) is 0 Å². The van der Waals surface area contributed by atoms with Gasteiger partial charge in [0, 0.05) is 30.5 Å². The zero-order chi connectivity index (χ0) is 14.1. The topological polar surface area (TPSA) is 70.8 Å². The predicted molar refractivity (Wildman–Crippen MR) is 76.1 cm³/mol. The molecule has 0 spiro atoms. The minimum Gasteiger partial charge on any atom is -0.460 e. The SMILES string of the molecule is COCCCOCCOC(=O)c1ccc(Br)c(N)c1. The van der Waals surface area contributed by atoms with Gasteiger partial charge >= 0.3 is 5.97 Å². The van der Waals surface area contributed by atoms with Crippen molar-refractivity contribution in [3.63, 3.8) is 0 Å². The van der Waals surface area contributed by atoms with E-state index < -0.39 is 5.97 Å². The maximum Gasteiger partial charge on any atom is 0.338 e. The lowest BCUT2D eigenvalue weighted by Crippen LogP contribution is -2.12. The maximum atomic E-state index is 11.7. The fraction of sp³-hybridized carbons (Fsp3) is 0.462. The number of esters is 1. The van der Waals surface area contributed by atoms with Gasteiger partial charge in [-0.3, -0.25) is 0 Å². The van der Waals surface area contributed by atoms with E-state index in [9.17, 15) is 4.79 Å². The fourth-order valence-electron chi connectivity index (χ4n) is 1.35. The average Bonchev–Trinajstić information content (AvgIpc) is 2.40. The zero-order valence-corrected chi connectivity index (χ0v) is 12.4. The first-order chi connectivity index (χ1) is 9.15. The molecule has 0 saturated carbocycles. The Labute approximate surface area is 121 Å². The highest BCUT2D eigenvalue weighted by Crippen LogP contribution is 2.20. The smallest absolute Gasteiger partial charge is 0.338 e. The van der Waals surface area contributed by atoms with Crippen LogP contribution in [0.4, 0.5) is 5.69 Å². The molecule has 2 N–H and O–H groups in total. The Bertz CT molecular complexity index is 412. The van der Waals surface area contributed by atoms with E-state index in [1.807, 2.05) is 0 Å². The Hall–Kier alpha value is -1.11. The van der Waals surface area contributed by atoms with Crippen LogP contribution in [0, 0.1) is 0 Å². The number of anilines is 1. The first-order valence-electron chi connectivity index (χ1n) is 5.94. The van der Waals surface area contributed by atoms with Gasteiger partial charge in [-0.1, -0.05) is 0 Å². The molecule has 106 valence electrons. The quantitative estimate of drug-likeness (QED) is 0.449. The number of ether oxygens (including phenoxy) is 3. The molecule has 5 nitrogen and oxygen atoms in total. The van der Waals surface area contributed by atoms with Gasteiger partial charge < -0.3 is 19.9 Å². The molecule has 0 radical (unpaired) electrons. The Morgan fingerprint density at radius 1 is 1.26 bits per heavy atom. The Morgan fingerprint density at radius 2 is 2.05 bits per heavy atom. The van der Waals surface area contributed by atoms with Crippen LogP contribution in [0.1, 0.15) is 16.8 Å². The number of benzene rings is 1. The molecule has 0 saturated heterocycles. The summed E-state index contributed by atoms with van der Waals surface area (Å²) >= 11 is 3.26. The summed E-state index contributed by atoms with van der Waals surface area (Å²) in [4.78, 5) is 11.7. The first-order valence-corrected chi connectivity index (χ1v) is 6.73. The van der Waals surface area contributed by atoms with Crippen LogP contribution in [-0.2, 0) is 14.2 Å². The molecule has 1 rings (SSSR count). The molecule has 1 aromatic rings. The molecule has 1 aromatic carbocycles. The van der Waals surface area contributed by atoms with Gasteiger partial charge in [0.25, 0.3) is 0 Å². The van der Waals surface area contributed by atoms with Crippen molar-refractivity contribution in [1.29, 1.82) is 0 Å². The van der Waals surface area contributed by atoms with Gasteiger partial charge in [-0.25, -0.2) is 4.79 Å². The van der Waals surface area contributed by atoms with Crippen LogP contribution in [0.25, 0.3) is 0 Å². The van der Waals surface area contributed by atoms with Crippen molar-refractivity contribution < 1.29 is 19.0 Å². The standard InChI is InChI=1S/C13H18BrNO4/c1-17-5-2-6-18-7-8-19-13(16)10-3-4-11(14)12(15)9-10/h3-4,9H,2,5-8,15H2,1H3. The van der Waals surface area contributed by atoms with E-state index in [1.165, 1.54) is 0 Å². The minimum absolute atomic E-state index is 0.224. The number of nitrogens with two attached hydrogens (primary N) is 1. The predicted octanol–water partition coefficient (Wildman–Crippen LogP) is 2.24. The summed E-state index contributed by atoms with van der Waals surface area (Å²) in [5, 5.41) is 0. The molecule has 0 heterocycles. The van der Waals surface area contributed by atoms with Crippen molar-refractivity contribution in [2.45, 2.75) is 6.42 Å². The highest BCUT2D eigenvalue weighted by Gasteiger charge is 2.08. The van der Waals surface area contributed by atoms with E-state index in [0.717, 1.165) is 10.9 Å². The van der Waals surface area contributed by atoms with Crippen LogP contribution in [0.5, 0.6) is 0 Å². The van der Waals surface area contributed by atoms with E-state index in [0.29, 0.717) is 31.1 Å². The van der Waals surface area contributed by atoms with Gasteiger partial charge in [0.2, 0.25) is 0 Å². The second kappa shape index (κ2) is 8.90. The number of nitrogen functional groups attached to an aromatic ring is 1. The first kappa shape index (κ1) is 15.9. The normalized spacial score (nSPS) is 10.4. The summed E-state index contributed by atoms with van der Waals surface area (Å²) in [6, 6.07) is 4.95. The third kappa shape index (κ3) is 6.04. The summed E-state index contributed by atoms with van der Waals surface area (Å²) in [6.07, 6.45) is 0.827. The Kier molecular flexibility index (Phi) is 7.47. The van der Waals surface area contributed by atoms with Crippen LogP contribution >= 0.6 is 15.9 Å². The van der Waals surface area contributed by atoms with Crippen LogP contribution in [0.2, 0.25) is 0 Å². The number of hydrogen-bond donors (Lipinski definition) is 1. The molecule has 0 aromatic heterocycles. The lowest BCUT2D eigenvalue weighted by molar-refractivity contribution is 0.0288. The number of halogens is 1. The molecule has 0 aliphatic rings. The number of methoxy groups -OCH3 is 1. The van der Waals surface area contributed by atoms with Gasteiger partial charge in [0.1, 0.15) is 6.61 Å². The third-order valence-electron chi connectivity index (χ3n) is 2.33. The van der Waals surface area contributed by atoms with Crippen molar-refractivity contribution in [3.05, 3.63) is 28.2 Å². The molecule has 0 aliphatic carbocycles. The lowest BCUT2D eigenvalue weighted by atomic mass is 10.2. The second-order valence-electron chi connectivity index (χ2n) is 3.83. The monoisotopic (exact) mass is 331 g/mol. The van der Waals surface area contributed by atoms with Crippen LogP contribution in [0.15, 0.2) is 22.7 Å². The highest BCUT2D eigenvalue weighted by atomic mass is 79.9. The van der Waals surface area contributed by atoms with Crippen LogP contribution in [-0.4, -0.2) is 39.5 Å². The van der Waals surface area contributed by atoms with Gasteiger partial charge in [-0.15, -0.1) is 0 Å². The summed E-state index contributed by atoms with van der Waals surface area (Å²) in [6.45, 7) is 1.86. The fourth-order valence-corrected chi connectivity index (χ4v) is 1.60. The molecule has 0 amide bonds. The summed E-state index contributed by atoms with van der Waals surface area (Å²) in [7, 11) is 1.64. The highest BCUT2D eigenvalue weighted by molar-refractivity contribution is 9.10. The van der Waals surface area contributed by atoms with E-state index >= 15 is 0 Å². The van der Waals surface area contributed by atoms with Crippen molar-refractivity contribution in [3.8, 4) is 0 Å². The number of rotatable bonds is 8. The van der Waals surface area contributed by atoms with Gasteiger partial charge in [-0.05, 0) is 40.5 Å². The van der Waals surface area contributed by atoms with E-state index in [1.54, 1.807) is 25.3 Å². The van der Waals surface area contributed by atoms with Crippen LogP contribution < -0.4 is 5.73 Å². The summed E-state index contributed by atoms with van der Waals surface area (Å²) < 4.78 is 16.0. The lowest BCUT2D eigenvalue weighted by Gasteiger charge is -2.07. The molecule has 0 atom stereocenters. The largest absolute Gasteiger partial charge is 0.460 e. The zero-order valence-electron chi connectivity index (χ0n) is 10.9. The maximum absolute atomic E-state index is 11.7. The minimum atomic E-state index is -0.403. The Morgan fingerprint density at radius 3 is 2.74 bits per heavy atom. The molecule has 0 aliphatic heterocycles. The van der Waals surface area contributed by atoms with E-state index in [2.05, 4.69) is 15.9 Å². The molecule has 0 unspecified atom stereocenters. The van der Waals surface area contributed by atoms with Crippen molar-refractivity contribution >= 4 is 27.6 Å². The number of carbonyl (C=O) groups excluding carboxylic acids is 1. The molecular weight excluding hydrogens is 314 g/mol. The third-order valence-corrected chi connectivity index (χ3v) is 3.05. The molecule has 0 bridgehead atoms. The average molecular weight is 332 g/mol. The summed E-state index contributed by atoms with van der Waals surface area (Å²) in [5.74, 6) is -0.403. The second-order valence-corrected chi connectivity index (χ2v) is 4.69. The molecule has 0 fully saturated rings. The van der Waals surface area contributed by atoms with Crippen molar-refractivity contribution in [2.75, 3.05) is 39.3 Å². The van der Waals surface area contributed by atoms with E-state index in [-0.39, 0.29) is 6.61 Å². The summed E-state index contributed by atoms with van der Waals surface area (Å²) in [5.41, 5.74) is 6.63. The van der Waals surface area contributed by atoms with Crippen molar-refractivity contribution in [1.82, 2.24) is 0 Å². The van der Waals surface area contributed by atoms with Crippen molar-refractivity contribution in [2.24, 2.45) is 0 Å². The number of carbonyl (C=O) groups is 1. The number of hydrogen-bond acceptors (Lipinski definition) is 5.